The molecule has 4 N–H and O–H groups in total. The first kappa shape index (κ1) is 19.0. The van der Waals surface area contributed by atoms with E-state index in [9.17, 15) is 22.4 Å². The molecule has 0 aliphatic heterocycles. The molecule has 0 saturated heterocycles. The van der Waals surface area contributed by atoms with Crippen LogP contribution >= 0.6 is 11.6 Å². The van der Waals surface area contributed by atoms with E-state index in [-0.39, 0.29) is 29.4 Å². The van der Waals surface area contributed by atoms with Gasteiger partial charge in [0.1, 0.15) is 5.82 Å². The lowest BCUT2D eigenvalue weighted by Gasteiger charge is -2.16. The van der Waals surface area contributed by atoms with E-state index in [1.807, 2.05) is 0 Å². The number of rotatable bonds is 4. The second-order valence-electron chi connectivity index (χ2n) is 5.10. The lowest BCUT2D eigenvalue weighted by atomic mass is 9.96. The Morgan fingerprint density at radius 1 is 1.24 bits per heavy atom. The number of amides is 1. The molecule has 0 aromatic heterocycles. The Hall–Kier alpha value is -2.32. The normalized spacial score (nSPS) is 11.4. The number of nitrogen functional groups attached to an aromatic ring is 1. The summed E-state index contributed by atoms with van der Waals surface area (Å²) in [4.78, 5) is 11.9. The molecule has 2 aromatic carbocycles. The van der Waals surface area contributed by atoms with Crippen LogP contribution in [0.2, 0.25) is 5.02 Å². The number of alkyl halides is 3. The van der Waals surface area contributed by atoms with Gasteiger partial charge in [-0.15, -0.1) is 0 Å². The van der Waals surface area contributed by atoms with Gasteiger partial charge in [0.15, 0.2) is 0 Å². The van der Waals surface area contributed by atoms with Gasteiger partial charge < -0.3 is 16.2 Å². The lowest BCUT2D eigenvalue weighted by molar-refractivity contribution is -0.137. The fourth-order valence-corrected chi connectivity index (χ4v) is 2.60. The van der Waals surface area contributed by atoms with Crippen molar-refractivity contribution >= 4 is 23.2 Å². The summed E-state index contributed by atoms with van der Waals surface area (Å²) in [6, 6.07) is 4.78. The van der Waals surface area contributed by atoms with Crippen LogP contribution in [0, 0.1) is 5.82 Å². The van der Waals surface area contributed by atoms with Gasteiger partial charge in [-0.25, -0.2) is 4.39 Å². The Morgan fingerprint density at radius 3 is 2.52 bits per heavy atom. The van der Waals surface area contributed by atoms with Crippen LogP contribution in [0.3, 0.4) is 0 Å². The number of hydrogen-bond donors (Lipinski definition) is 3. The Morgan fingerprint density at radius 2 is 1.92 bits per heavy atom. The van der Waals surface area contributed by atoms with Crippen molar-refractivity contribution in [3.8, 4) is 11.1 Å². The quantitative estimate of drug-likeness (QED) is 0.565. The smallest absolute Gasteiger partial charge is 0.399 e. The largest absolute Gasteiger partial charge is 0.417 e. The predicted octanol–water partition coefficient (Wildman–Crippen LogP) is 3.47. The number of benzene rings is 2. The van der Waals surface area contributed by atoms with E-state index in [0.29, 0.717) is 0 Å². The molecule has 0 saturated carbocycles. The van der Waals surface area contributed by atoms with Crippen LogP contribution in [0.5, 0.6) is 0 Å². The van der Waals surface area contributed by atoms with Crippen LogP contribution in [0.25, 0.3) is 11.1 Å². The summed E-state index contributed by atoms with van der Waals surface area (Å²) >= 11 is 5.92. The molecule has 0 fully saturated rings. The molecular formula is C16H13ClF4N2O2. The standard InChI is InChI=1S/C16H13ClF4N2O2/c17-12-7-9(22)6-11(16(19,20)21)14(12)8-1-2-13(18)10(5-8)15(25)23-3-4-24/h1-2,5-7,24H,3-4,22H2,(H,23,25). The SMILES string of the molecule is Nc1cc(Cl)c(-c2ccc(F)c(C(=O)NCCO)c2)c(C(F)(F)F)c1. The molecule has 0 aliphatic rings. The summed E-state index contributed by atoms with van der Waals surface area (Å²) in [6.07, 6.45) is -4.75. The number of aliphatic hydroxyl groups excluding tert-OH is 1. The Bertz CT molecular complexity index is 809. The topological polar surface area (TPSA) is 75.4 Å². The maximum absolute atomic E-state index is 13.9. The highest BCUT2D eigenvalue weighted by molar-refractivity contribution is 6.33. The highest BCUT2D eigenvalue weighted by atomic mass is 35.5. The molecule has 0 spiro atoms. The molecule has 2 rings (SSSR count). The van der Waals surface area contributed by atoms with Crippen molar-refractivity contribution in [2.75, 3.05) is 18.9 Å². The van der Waals surface area contributed by atoms with Crippen LogP contribution in [-0.4, -0.2) is 24.2 Å². The summed E-state index contributed by atoms with van der Waals surface area (Å²) in [6.45, 7) is -0.492. The molecule has 4 nitrogen and oxygen atoms in total. The zero-order chi connectivity index (χ0) is 18.8. The Balaban J connectivity index is 2.62. The van der Waals surface area contributed by atoms with E-state index in [1.54, 1.807) is 0 Å². The second-order valence-corrected chi connectivity index (χ2v) is 5.50. The molecule has 0 atom stereocenters. The monoisotopic (exact) mass is 376 g/mol. The maximum Gasteiger partial charge on any atom is 0.417 e. The third-order valence-corrected chi connectivity index (χ3v) is 3.61. The summed E-state index contributed by atoms with van der Waals surface area (Å²) in [5, 5.41) is 10.6. The molecule has 0 bridgehead atoms. The average molecular weight is 377 g/mol. The van der Waals surface area contributed by atoms with Gasteiger partial charge in [-0.3, -0.25) is 4.79 Å². The van der Waals surface area contributed by atoms with Crippen LogP contribution in [0.4, 0.5) is 23.2 Å². The van der Waals surface area contributed by atoms with Gasteiger partial charge in [0.25, 0.3) is 5.91 Å². The highest BCUT2D eigenvalue weighted by Crippen LogP contribution is 2.42. The first-order valence-electron chi connectivity index (χ1n) is 7.00. The number of halogens is 5. The number of anilines is 1. The molecule has 0 radical (unpaired) electrons. The first-order chi connectivity index (χ1) is 11.6. The third kappa shape index (κ3) is 4.21. The van der Waals surface area contributed by atoms with E-state index >= 15 is 0 Å². The highest BCUT2D eigenvalue weighted by Gasteiger charge is 2.35. The van der Waals surface area contributed by atoms with Crippen molar-refractivity contribution in [3.05, 3.63) is 52.3 Å². The van der Waals surface area contributed by atoms with Gasteiger partial charge in [0, 0.05) is 17.8 Å². The minimum Gasteiger partial charge on any atom is -0.399 e. The van der Waals surface area contributed by atoms with Crippen LogP contribution in [0.15, 0.2) is 30.3 Å². The van der Waals surface area contributed by atoms with Crippen molar-refractivity contribution in [3.63, 3.8) is 0 Å². The minimum absolute atomic E-state index is 0.0899. The molecule has 9 heteroatoms. The van der Waals surface area contributed by atoms with Crippen LogP contribution in [0.1, 0.15) is 15.9 Å². The van der Waals surface area contributed by atoms with Crippen molar-refractivity contribution in [2.24, 2.45) is 0 Å². The fraction of sp³-hybridized carbons (Fsp3) is 0.188. The van der Waals surface area contributed by atoms with Gasteiger partial charge in [0.05, 0.1) is 22.8 Å². The molecule has 0 aliphatic carbocycles. The van der Waals surface area contributed by atoms with E-state index in [0.717, 1.165) is 30.3 Å². The van der Waals surface area contributed by atoms with E-state index in [2.05, 4.69) is 5.32 Å². The Kier molecular flexibility index (Phi) is 5.54. The molecule has 134 valence electrons. The number of nitrogens with two attached hydrogens (primary N) is 1. The molecule has 1 amide bonds. The van der Waals surface area contributed by atoms with Crippen LogP contribution in [-0.2, 0) is 6.18 Å². The summed E-state index contributed by atoms with van der Waals surface area (Å²) in [5.74, 6) is -1.78. The molecule has 25 heavy (non-hydrogen) atoms. The van der Waals surface area contributed by atoms with E-state index in [1.165, 1.54) is 0 Å². The average Bonchev–Trinajstić information content (AvgIpc) is 2.52. The van der Waals surface area contributed by atoms with Crippen LogP contribution < -0.4 is 11.1 Å². The lowest BCUT2D eigenvalue weighted by Crippen LogP contribution is -2.27. The van der Waals surface area contributed by atoms with E-state index < -0.39 is 34.6 Å². The molecule has 2 aromatic rings. The fourth-order valence-electron chi connectivity index (χ4n) is 2.26. The Labute approximate surface area is 145 Å². The van der Waals surface area contributed by atoms with Gasteiger partial charge in [-0.05, 0) is 29.8 Å². The number of nitrogens with one attached hydrogen (secondary N) is 1. The van der Waals surface area contributed by atoms with Gasteiger partial charge in [-0.1, -0.05) is 17.7 Å². The molecule has 0 unspecified atom stereocenters. The van der Waals surface area contributed by atoms with Gasteiger partial charge in [0.2, 0.25) is 0 Å². The summed E-state index contributed by atoms with van der Waals surface area (Å²) < 4.78 is 53.8. The maximum atomic E-state index is 13.9. The van der Waals surface area contributed by atoms with Crippen molar-refractivity contribution in [2.45, 2.75) is 6.18 Å². The van der Waals surface area contributed by atoms with Gasteiger partial charge >= 0.3 is 6.18 Å². The second kappa shape index (κ2) is 7.28. The first-order valence-corrected chi connectivity index (χ1v) is 7.38. The number of aliphatic hydroxyl groups is 1. The minimum atomic E-state index is -4.75. The number of carbonyl (C=O) groups excluding carboxylic acids is 1. The van der Waals surface area contributed by atoms with Crippen molar-refractivity contribution < 1.29 is 27.5 Å². The summed E-state index contributed by atoms with van der Waals surface area (Å²) in [5.41, 5.74) is 3.20. The van der Waals surface area contributed by atoms with Gasteiger partial charge in [-0.2, -0.15) is 13.2 Å². The number of hydrogen-bond acceptors (Lipinski definition) is 3. The number of carbonyl (C=O) groups is 1. The van der Waals surface area contributed by atoms with Crippen molar-refractivity contribution in [1.82, 2.24) is 5.32 Å². The third-order valence-electron chi connectivity index (χ3n) is 3.31. The zero-order valence-electron chi connectivity index (χ0n) is 12.6. The predicted molar refractivity (Wildman–Crippen MR) is 85.7 cm³/mol. The van der Waals surface area contributed by atoms with E-state index in [4.69, 9.17) is 22.4 Å². The van der Waals surface area contributed by atoms with Crippen molar-refractivity contribution in [1.29, 1.82) is 0 Å². The summed E-state index contributed by atoms with van der Waals surface area (Å²) in [7, 11) is 0. The molecular weight excluding hydrogens is 364 g/mol. The molecule has 0 heterocycles. The zero-order valence-corrected chi connectivity index (χ0v) is 13.4.